The molecule has 0 atom stereocenters. The van der Waals surface area contributed by atoms with E-state index in [9.17, 15) is 0 Å². The standard InChI is InChI=1S/C19H13ClN2O2S/c20-15-6-8-16(9-7-15)23-12-13-3-1-4-14(11-13)19-21-18(22-24-19)17-5-2-10-25-17/h1-11H,12H2. The van der Waals surface area contributed by atoms with E-state index in [1.54, 1.807) is 23.5 Å². The number of aromatic nitrogens is 2. The maximum absolute atomic E-state index is 5.88. The van der Waals surface area contributed by atoms with Gasteiger partial charge >= 0.3 is 0 Å². The van der Waals surface area contributed by atoms with Crippen molar-refractivity contribution >= 4 is 22.9 Å². The van der Waals surface area contributed by atoms with Gasteiger partial charge in [0.25, 0.3) is 5.89 Å². The van der Waals surface area contributed by atoms with Crippen molar-refractivity contribution in [2.75, 3.05) is 0 Å². The molecular formula is C19H13ClN2O2S. The average Bonchev–Trinajstić information content (AvgIpc) is 3.33. The van der Waals surface area contributed by atoms with Gasteiger partial charge < -0.3 is 9.26 Å². The Morgan fingerprint density at radius 1 is 1.04 bits per heavy atom. The molecule has 0 spiro atoms. The Kier molecular flexibility index (Phi) is 4.50. The lowest BCUT2D eigenvalue weighted by Gasteiger charge is -2.07. The molecular weight excluding hydrogens is 356 g/mol. The summed E-state index contributed by atoms with van der Waals surface area (Å²) in [7, 11) is 0. The van der Waals surface area contributed by atoms with Crippen LogP contribution >= 0.6 is 22.9 Å². The Bertz CT molecular complexity index is 965. The van der Waals surface area contributed by atoms with Crippen molar-refractivity contribution in [2.24, 2.45) is 0 Å². The Morgan fingerprint density at radius 3 is 2.72 bits per heavy atom. The normalized spacial score (nSPS) is 10.8. The predicted molar refractivity (Wildman–Crippen MR) is 98.8 cm³/mol. The molecule has 0 unspecified atom stereocenters. The number of benzene rings is 2. The van der Waals surface area contributed by atoms with Gasteiger partial charge in [0.2, 0.25) is 5.82 Å². The summed E-state index contributed by atoms with van der Waals surface area (Å²) in [5, 5.41) is 6.72. The van der Waals surface area contributed by atoms with Gasteiger partial charge in [-0.15, -0.1) is 11.3 Å². The third-order valence-corrected chi connectivity index (χ3v) is 4.68. The van der Waals surface area contributed by atoms with Crippen LogP contribution in [0.25, 0.3) is 22.2 Å². The molecule has 0 saturated carbocycles. The zero-order valence-electron chi connectivity index (χ0n) is 13.1. The van der Waals surface area contributed by atoms with Gasteiger partial charge in [0.05, 0.1) is 4.88 Å². The molecule has 4 rings (SSSR count). The van der Waals surface area contributed by atoms with Crippen LogP contribution in [0.3, 0.4) is 0 Å². The van der Waals surface area contributed by atoms with Crippen LogP contribution < -0.4 is 4.74 Å². The number of nitrogens with zero attached hydrogens (tertiary/aromatic N) is 2. The first-order chi connectivity index (χ1) is 12.3. The fourth-order valence-corrected chi connectivity index (χ4v) is 3.11. The van der Waals surface area contributed by atoms with Crippen molar-refractivity contribution in [1.82, 2.24) is 10.1 Å². The largest absolute Gasteiger partial charge is 0.489 e. The van der Waals surface area contributed by atoms with Crippen LogP contribution in [0.1, 0.15) is 5.56 Å². The molecule has 0 fully saturated rings. The highest BCUT2D eigenvalue weighted by Gasteiger charge is 2.11. The fraction of sp³-hybridized carbons (Fsp3) is 0.0526. The molecule has 0 N–H and O–H groups in total. The molecule has 0 amide bonds. The minimum atomic E-state index is 0.446. The summed E-state index contributed by atoms with van der Waals surface area (Å²) >= 11 is 7.46. The molecule has 2 aromatic carbocycles. The maximum atomic E-state index is 5.88. The topological polar surface area (TPSA) is 48.2 Å². The van der Waals surface area contributed by atoms with Crippen LogP contribution in [0.15, 0.2) is 70.6 Å². The fourth-order valence-electron chi connectivity index (χ4n) is 2.34. The van der Waals surface area contributed by atoms with Gasteiger partial charge in [0.15, 0.2) is 0 Å². The van der Waals surface area contributed by atoms with E-state index in [1.807, 2.05) is 53.9 Å². The number of rotatable bonds is 5. The lowest BCUT2D eigenvalue weighted by Crippen LogP contribution is -1.95. The molecule has 124 valence electrons. The second kappa shape index (κ2) is 7.09. The zero-order chi connectivity index (χ0) is 17.1. The Hall–Kier alpha value is -2.63. The second-order valence-electron chi connectivity index (χ2n) is 5.34. The quantitative estimate of drug-likeness (QED) is 0.453. The van der Waals surface area contributed by atoms with E-state index in [0.29, 0.717) is 23.3 Å². The van der Waals surface area contributed by atoms with Gasteiger partial charge in [-0.3, -0.25) is 0 Å². The Labute approximate surface area is 153 Å². The molecule has 4 nitrogen and oxygen atoms in total. The van der Waals surface area contributed by atoms with Crippen LogP contribution in [-0.4, -0.2) is 10.1 Å². The van der Waals surface area contributed by atoms with Gasteiger partial charge in [-0.1, -0.05) is 35.0 Å². The molecule has 4 aromatic rings. The number of hydrogen-bond acceptors (Lipinski definition) is 5. The van der Waals surface area contributed by atoms with E-state index < -0.39 is 0 Å². The summed E-state index contributed by atoms with van der Waals surface area (Å²) < 4.78 is 11.2. The minimum absolute atomic E-state index is 0.446. The molecule has 0 aliphatic heterocycles. The predicted octanol–water partition coefficient (Wildman–Crippen LogP) is 5.70. The van der Waals surface area contributed by atoms with Crippen LogP contribution in [-0.2, 0) is 6.61 Å². The van der Waals surface area contributed by atoms with Crippen molar-refractivity contribution in [3.8, 4) is 27.9 Å². The Balaban J connectivity index is 1.50. The summed E-state index contributed by atoms with van der Waals surface area (Å²) in [4.78, 5) is 5.45. The third kappa shape index (κ3) is 3.73. The van der Waals surface area contributed by atoms with Crippen LogP contribution in [0.4, 0.5) is 0 Å². The lowest BCUT2D eigenvalue weighted by molar-refractivity contribution is 0.306. The van der Waals surface area contributed by atoms with E-state index in [2.05, 4.69) is 10.1 Å². The monoisotopic (exact) mass is 368 g/mol. The summed E-state index contributed by atoms with van der Waals surface area (Å²) in [5.74, 6) is 1.87. The smallest absolute Gasteiger partial charge is 0.258 e. The second-order valence-corrected chi connectivity index (χ2v) is 6.73. The van der Waals surface area contributed by atoms with Crippen molar-refractivity contribution in [2.45, 2.75) is 6.61 Å². The van der Waals surface area contributed by atoms with Crippen LogP contribution in [0, 0.1) is 0 Å². The number of hydrogen-bond donors (Lipinski definition) is 0. The molecule has 2 heterocycles. The van der Waals surface area contributed by atoms with Gasteiger partial charge in [-0.2, -0.15) is 4.98 Å². The molecule has 2 aromatic heterocycles. The molecule has 6 heteroatoms. The van der Waals surface area contributed by atoms with Gasteiger partial charge in [-0.25, -0.2) is 0 Å². The van der Waals surface area contributed by atoms with E-state index in [0.717, 1.165) is 21.8 Å². The molecule has 0 aliphatic carbocycles. The lowest BCUT2D eigenvalue weighted by atomic mass is 10.1. The maximum Gasteiger partial charge on any atom is 0.258 e. The van der Waals surface area contributed by atoms with Crippen LogP contribution in [0.5, 0.6) is 5.75 Å². The van der Waals surface area contributed by atoms with E-state index in [1.165, 1.54) is 0 Å². The molecule has 0 bridgehead atoms. The molecule has 25 heavy (non-hydrogen) atoms. The summed E-state index contributed by atoms with van der Waals surface area (Å²) in [5.41, 5.74) is 1.89. The first kappa shape index (κ1) is 15.9. The van der Waals surface area contributed by atoms with Gasteiger partial charge in [0, 0.05) is 10.6 Å². The summed E-state index contributed by atoms with van der Waals surface area (Å²) in [6.07, 6.45) is 0. The van der Waals surface area contributed by atoms with E-state index in [4.69, 9.17) is 20.9 Å². The number of halogens is 1. The van der Waals surface area contributed by atoms with Crippen molar-refractivity contribution in [1.29, 1.82) is 0 Å². The Morgan fingerprint density at radius 2 is 1.92 bits per heavy atom. The van der Waals surface area contributed by atoms with Crippen molar-refractivity contribution in [3.63, 3.8) is 0 Å². The highest BCUT2D eigenvalue weighted by Crippen LogP contribution is 2.26. The zero-order valence-corrected chi connectivity index (χ0v) is 14.6. The first-order valence-corrected chi connectivity index (χ1v) is 8.89. The highest BCUT2D eigenvalue weighted by atomic mass is 35.5. The van der Waals surface area contributed by atoms with Crippen LogP contribution in [0.2, 0.25) is 5.02 Å². The number of ether oxygens (including phenoxy) is 1. The average molecular weight is 369 g/mol. The molecule has 0 saturated heterocycles. The van der Waals surface area contributed by atoms with E-state index in [-0.39, 0.29) is 0 Å². The van der Waals surface area contributed by atoms with Crippen molar-refractivity contribution < 1.29 is 9.26 Å². The van der Waals surface area contributed by atoms with Gasteiger partial charge in [0.1, 0.15) is 12.4 Å². The molecule has 0 aliphatic rings. The summed E-state index contributed by atoms with van der Waals surface area (Å²) in [6.45, 7) is 0.446. The van der Waals surface area contributed by atoms with E-state index >= 15 is 0 Å². The number of thiophene rings is 1. The molecule has 0 radical (unpaired) electrons. The first-order valence-electron chi connectivity index (χ1n) is 7.63. The summed E-state index contributed by atoms with van der Waals surface area (Å²) in [6, 6.07) is 19.1. The SMILES string of the molecule is Clc1ccc(OCc2cccc(-c3nc(-c4cccs4)no3)c2)cc1. The van der Waals surface area contributed by atoms with Crippen molar-refractivity contribution in [3.05, 3.63) is 76.6 Å². The minimum Gasteiger partial charge on any atom is -0.489 e. The van der Waals surface area contributed by atoms with Gasteiger partial charge in [-0.05, 0) is 53.4 Å². The highest BCUT2D eigenvalue weighted by molar-refractivity contribution is 7.13. The third-order valence-electron chi connectivity index (χ3n) is 3.56.